The van der Waals surface area contributed by atoms with E-state index in [1.807, 2.05) is 0 Å². The molecule has 0 bridgehead atoms. The van der Waals surface area contributed by atoms with Crippen LogP contribution in [-0.2, 0) is 0 Å². The molecule has 15 heavy (non-hydrogen) atoms. The van der Waals surface area contributed by atoms with Crippen LogP contribution >= 0.6 is 0 Å². The maximum Gasteiger partial charge on any atom is 0.0445 e. The Balaban J connectivity index is 4.06. The summed E-state index contributed by atoms with van der Waals surface area (Å²) in [5, 5.41) is 12.4. The summed E-state index contributed by atoms with van der Waals surface area (Å²) in [6.07, 6.45) is 2.93. The lowest BCUT2D eigenvalue weighted by Crippen LogP contribution is -2.44. The van der Waals surface area contributed by atoms with Crippen LogP contribution in [0.15, 0.2) is 0 Å². The van der Waals surface area contributed by atoms with Crippen molar-refractivity contribution in [1.29, 1.82) is 0 Å². The van der Waals surface area contributed by atoms with Crippen LogP contribution in [0, 0.1) is 5.41 Å². The fourth-order valence-electron chi connectivity index (χ4n) is 1.84. The summed E-state index contributed by atoms with van der Waals surface area (Å²) in [5.74, 6) is 0. The summed E-state index contributed by atoms with van der Waals surface area (Å²) in [6, 6.07) is 0.757. The molecule has 3 heteroatoms. The van der Waals surface area contributed by atoms with Crippen molar-refractivity contribution >= 4 is 0 Å². The molecule has 0 aliphatic rings. The van der Waals surface area contributed by atoms with Crippen molar-refractivity contribution in [3.05, 3.63) is 0 Å². The van der Waals surface area contributed by atoms with Gasteiger partial charge in [-0.1, -0.05) is 27.7 Å². The van der Waals surface area contributed by atoms with Crippen molar-refractivity contribution in [3.8, 4) is 0 Å². The van der Waals surface area contributed by atoms with Gasteiger partial charge in [-0.05, 0) is 24.7 Å². The Hall–Kier alpha value is -0.120. The number of aliphatic hydroxyl groups excluding tert-OH is 1. The van der Waals surface area contributed by atoms with E-state index in [0.717, 1.165) is 19.3 Å². The molecule has 2 atom stereocenters. The largest absolute Gasteiger partial charge is 0.396 e. The molecule has 0 rings (SSSR count). The topological polar surface area (TPSA) is 58.3 Å². The molecular formula is C12H28N2O. The smallest absolute Gasteiger partial charge is 0.0445 e. The number of rotatable bonds is 7. The quantitative estimate of drug-likeness (QED) is 0.604. The highest BCUT2D eigenvalue weighted by Gasteiger charge is 2.19. The molecule has 0 heterocycles. The van der Waals surface area contributed by atoms with Gasteiger partial charge in [0.25, 0.3) is 0 Å². The predicted molar refractivity (Wildman–Crippen MR) is 65.8 cm³/mol. The van der Waals surface area contributed by atoms with Crippen molar-refractivity contribution in [2.45, 2.75) is 59.0 Å². The summed E-state index contributed by atoms with van der Waals surface area (Å²) in [7, 11) is 0. The molecular weight excluding hydrogens is 188 g/mol. The van der Waals surface area contributed by atoms with Crippen molar-refractivity contribution in [2.75, 3.05) is 13.2 Å². The van der Waals surface area contributed by atoms with E-state index >= 15 is 0 Å². The van der Waals surface area contributed by atoms with Gasteiger partial charge in [-0.3, -0.25) is 0 Å². The molecule has 0 radical (unpaired) electrons. The Morgan fingerprint density at radius 2 is 1.87 bits per heavy atom. The molecule has 92 valence electrons. The van der Waals surface area contributed by atoms with E-state index in [1.54, 1.807) is 0 Å². The van der Waals surface area contributed by atoms with E-state index in [0.29, 0.717) is 24.0 Å². The molecule has 4 N–H and O–H groups in total. The average Bonchev–Trinajstić information content (AvgIpc) is 2.13. The zero-order valence-corrected chi connectivity index (χ0v) is 10.7. The molecule has 0 aliphatic carbocycles. The number of hydrogen-bond acceptors (Lipinski definition) is 3. The van der Waals surface area contributed by atoms with Crippen LogP contribution in [0.2, 0.25) is 0 Å². The van der Waals surface area contributed by atoms with Gasteiger partial charge < -0.3 is 16.2 Å². The molecule has 0 amide bonds. The Labute approximate surface area is 94.4 Å². The molecule has 0 aliphatic heterocycles. The lowest BCUT2D eigenvalue weighted by molar-refractivity contribution is 0.239. The summed E-state index contributed by atoms with van der Waals surface area (Å²) in [5.41, 5.74) is 6.05. The first-order chi connectivity index (χ1) is 6.92. The normalized spacial score (nSPS) is 16.4. The monoisotopic (exact) mass is 216 g/mol. The second-order valence-electron chi connectivity index (χ2n) is 5.48. The van der Waals surface area contributed by atoms with Crippen molar-refractivity contribution in [3.63, 3.8) is 0 Å². The molecule has 0 aromatic heterocycles. The van der Waals surface area contributed by atoms with Crippen LogP contribution in [0.5, 0.6) is 0 Å². The fraction of sp³-hybridized carbons (Fsp3) is 1.00. The highest BCUT2D eigenvalue weighted by Crippen LogP contribution is 2.20. The summed E-state index contributed by atoms with van der Waals surface area (Å²) < 4.78 is 0. The predicted octanol–water partition coefficient (Wildman–Crippen LogP) is 1.50. The summed E-state index contributed by atoms with van der Waals surface area (Å²) in [4.78, 5) is 0. The minimum Gasteiger partial charge on any atom is -0.396 e. The first-order valence-corrected chi connectivity index (χ1v) is 6.00. The number of nitrogens with two attached hydrogens (primary N) is 1. The molecule has 0 fully saturated rings. The molecule has 0 saturated heterocycles. The van der Waals surface area contributed by atoms with Crippen molar-refractivity contribution in [2.24, 2.45) is 11.1 Å². The molecule has 0 saturated carbocycles. The van der Waals surface area contributed by atoms with E-state index in [1.165, 1.54) is 0 Å². The zero-order valence-electron chi connectivity index (χ0n) is 10.7. The Bertz CT molecular complexity index is 154. The SMILES string of the molecule is CCC(CCO)NC(CN)CC(C)(C)C. The van der Waals surface area contributed by atoms with Gasteiger partial charge in [0.15, 0.2) is 0 Å². The van der Waals surface area contributed by atoms with Crippen molar-refractivity contribution < 1.29 is 5.11 Å². The van der Waals surface area contributed by atoms with Gasteiger partial charge >= 0.3 is 0 Å². The van der Waals surface area contributed by atoms with E-state index in [-0.39, 0.29) is 6.61 Å². The standard InChI is InChI=1S/C12H28N2O/c1-5-10(6-7-15)14-11(9-13)8-12(2,3)4/h10-11,14-15H,5-9,13H2,1-4H3. The van der Waals surface area contributed by atoms with E-state index in [4.69, 9.17) is 10.8 Å². The second kappa shape index (κ2) is 7.20. The Morgan fingerprint density at radius 1 is 1.27 bits per heavy atom. The molecule has 0 aromatic rings. The summed E-state index contributed by atoms with van der Waals surface area (Å²) in [6.45, 7) is 9.73. The number of aliphatic hydroxyl groups is 1. The van der Waals surface area contributed by atoms with Gasteiger partial charge in [-0.15, -0.1) is 0 Å². The second-order valence-corrected chi connectivity index (χ2v) is 5.48. The number of nitrogens with one attached hydrogen (secondary N) is 1. The number of hydrogen-bond donors (Lipinski definition) is 3. The minimum absolute atomic E-state index is 0.248. The van der Waals surface area contributed by atoms with Crippen LogP contribution in [0.4, 0.5) is 0 Å². The first kappa shape index (κ1) is 14.9. The third-order valence-electron chi connectivity index (χ3n) is 2.59. The van der Waals surface area contributed by atoms with E-state index < -0.39 is 0 Å². The zero-order chi connectivity index (χ0) is 11.9. The van der Waals surface area contributed by atoms with Gasteiger partial charge in [0.05, 0.1) is 0 Å². The maximum atomic E-state index is 8.91. The van der Waals surface area contributed by atoms with Crippen LogP contribution in [0.1, 0.15) is 47.0 Å². The average molecular weight is 216 g/mol. The van der Waals surface area contributed by atoms with Gasteiger partial charge in [0, 0.05) is 25.2 Å². The van der Waals surface area contributed by atoms with Crippen LogP contribution in [0.3, 0.4) is 0 Å². The van der Waals surface area contributed by atoms with Gasteiger partial charge in [0.1, 0.15) is 0 Å². The lowest BCUT2D eigenvalue weighted by Gasteiger charge is -2.29. The molecule has 2 unspecified atom stereocenters. The molecule has 0 aromatic carbocycles. The minimum atomic E-state index is 0.248. The summed E-state index contributed by atoms with van der Waals surface area (Å²) >= 11 is 0. The third-order valence-corrected chi connectivity index (χ3v) is 2.59. The lowest BCUT2D eigenvalue weighted by atomic mass is 9.87. The third kappa shape index (κ3) is 7.77. The van der Waals surface area contributed by atoms with Gasteiger partial charge in [-0.25, -0.2) is 0 Å². The molecule has 0 spiro atoms. The van der Waals surface area contributed by atoms with Crippen LogP contribution in [-0.4, -0.2) is 30.3 Å². The van der Waals surface area contributed by atoms with Gasteiger partial charge in [-0.2, -0.15) is 0 Å². The van der Waals surface area contributed by atoms with E-state index in [2.05, 4.69) is 33.0 Å². The maximum absolute atomic E-state index is 8.91. The Kier molecular flexibility index (Phi) is 7.14. The Morgan fingerprint density at radius 3 is 2.20 bits per heavy atom. The van der Waals surface area contributed by atoms with E-state index in [9.17, 15) is 0 Å². The first-order valence-electron chi connectivity index (χ1n) is 6.00. The fourth-order valence-corrected chi connectivity index (χ4v) is 1.84. The van der Waals surface area contributed by atoms with Crippen LogP contribution < -0.4 is 11.1 Å². The van der Waals surface area contributed by atoms with Crippen LogP contribution in [0.25, 0.3) is 0 Å². The highest BCUT2D eigenvalue weighted by molar-refractivity contribution is 4.79. The molecule has 3 nitrogen and oxygen atoms in total. The van der Waals surface area contributed by atoms with Crippen molar-refractivity contribution in [1.82, 2.24) is 5.32 Å². The highest BCUT2D eigenvalue weighted by atomic mass is 16.3. The van der Waals surface area contributed by atoms with Gasteiger partial charge in [0.2, 0.25) is 0 Å².